The van der Waals surface area contributed by atoms with E-state index >= 15 is 0 Å². The standard InChI is InChI=1S/C20H23FN4O2/c1-13-4-9-16(24(2)3)12-17(13)23-20(27)25-11-10-22-19(26)18(25)14-5-7-15(21)8-6-14/h4-9,12,18H,10-11H2,1-3H3,(H,22,26)(H,23,27)/t18-/m1/s1. The van der Waals surface area contributed by atoms with Crippen LogP contribution in [0, 0.1) is 12.7 Å². The maximum atomic E-state index is 13.2. The number of urea groups is 1. The molecule has 0 spiro atoms. The minimum Gasteiger partial charge on any atom is -0.378 e. The van der Waals surface area contributed by atoms with Crippen molar-refractivity contribution in [3.63, 3.8) is 0 Å². The van der Waals surface area contributed by atoms with Crippen LogP contribution in [0.3, 0.4) is 0 Å². The molecule has 0 aromatic heterocycles. The molecule has 6 nitrogen and oxygen atoms in total. The van der Waals surface area contributed by atoms with Crippen molar-refractivity contribution in [2.24, 2.45) is 0 Å². The average Bonchev–Trinajstić information content (AvgIpc) is 2.64. The Bertz CT molecular complexity index is 852. The van der Waals surface area contributed by atoms with Gasteiger partial charge in [-0.2, -0.15) is 0 Å². The van der Waals surface area contributed by atoms with E-state index in [4.69, 9.17) is 0 Å². The summed E-state index contributed by atoms with van der Waals surface area (Å²) in [5.41, 5.74) is 3.15. The summed E-state index contributed by atoms with van der Waals surface area (Å²) in [5, 5.41) is 5.68. The maximum Gasteiger partial charge on any atom is 0.322 e. The molecule has 0 saturated carbocycles. The van der Waals surface area contributed by atoms with E-state index in [9.17, 15) is 14.0 Å². The van der Waals surface area contributed by atoms with Crippen LogP contribution >= 0.6 is 0 Å². The molecule has 7 heteroatoms. The Balaban J connectivity index is 1.86. The third-order valence-electron chi connectivity index (χ3n) is 4.64. The molecule has 0 unspecified atom stereocenters. The highest BCUT2D eigenvalue weighted by Crippen LogP contribution is 2.26. The fraction of sp³-hybridized carbons (Fsp3) is 0.300. The van der Waals surface area contributed by atoms with Crippen molar-refractivity contribution in [2.45, 2.75) is 13.0 Å². The molecular formula is C20H23FN4O2. The number of carbonyl (C=O) groups is 2. The number of rotatable bonds is 3. The summed E-state index contributed by atoms with van der Waals surface area (Å²) in [6.45, 7) is 2.65. The molecule has 0 bridgehead atoms. The van der Waals surface area contributed by atoms with Crippen molar-refractivity contribution in [3.05, 3.63) is 59.4 Å². The van der Waals surface area contributed by atoms with E-state index in [1.807, 2.05) is 44.1 Å². The first-order chi connectivity index (χ1) is 12.9. The van der Waals surface area contributed by atoms with E-state index in [2.05, 4.69) is 10.6 Å². The molecule has 2 N–H and O–H groups in total. The monoisotopic (exact) mass is 370 g/mol. The van der Waals surface area contributed by atoms with Gasteiger partial charge in [0, 0.05) is 38.6 Å². The first-order valence-corrected chi connectivity index (χ1v) is 8.75. The van der Waals surface area contributed by atoms with Crippen LogP contribution in [0.15, 0.2) is 42.5 Å². The largest absolute Gasteiger partial charge is 0.378 e. The van der Waals surface area contributed by atoms with Crippen molar-refractivity contribution in [2.75, 3.05) is 37.4 Å². The highest BCUT2D eigenvalue weighted by atomic mass is 19.1. The maximum absolute atomic E-state index is 13.2. The van der Waals surface area contributed by atoms with Gasteiger partial charge >= 0.3 is 6.03 Å². The molecule has 2 aromatic rings. The Hall–Kier alpha value is -3.09. The van der Waals surface area contributed by atoms with Gasteiger partial charge in [0.2, 0.25) is 5.91 Å². The predicted molar refractivity (Wildman–Crippen MR) is 103 cm³/mol. The van der Waals surface area contributed by atoms with Gasteiger partial charge in [-0.05, 0) is 42.3 Å². The van der Waals surface area contributed by atoms with Gasteiger partial charge in [0.05, 0.1) is 0 Å². The number of hydrogen-bond donors (Lipinski definition) is 2. The quantitative estimate of drug-likeness (QED) is 0.873. The zero-order valence-electron chi connectivity index (χ0n) is 15.6. The topological polar surface area (TPSA) is 64.7 Å². The van der Waals surface area contributed by atoms with Crippen LogP contribution in [-0.2, 0) is 4.79 Å². The van der Waals surface area contributed by atoms with Crippen LogP contribution < -0.4 is 15.5 Å². The lowest BCUT2D eigenvalue weighted by molar-refractivity contribution is -0.127. The summed E-state index contributed by atoms with van der Waals surface area (Å²) in [6.07, 6.45) is 0. The van der Waals surface area contributed by atoms with Gasteiger partial charge in [-0.1, -0.05) is 18.2 Å². The highest BCUT2D eigenvalue weighted by molar-refractivity contribution is 5.96. The van der Waals surface area contributed by atoms with E-state index in [-0.39, 0.29) is 17.8 Å². The van der Waals surface area contributed by atoms with Crippen molar-refractivity contribution >= 4 is 23.3 Å². The van der Waals surface area contributed by atoms with Crippen molar-refractivity contribution < 1.29 is 14.0 Å². The number of benzene rings is 2. The Kier molecular flexibility index (Phi) is 5.30. The zero-order chi connectivity index (χ0) is 19.6. The third kappa shape index (κ3) is 4.02. The van der Waals surface area contributed by atoms with Gasteiger partial charge in [0.15, 0.2) is 0 Å². The lowest BCUT2D eigenvalue weighted by atomic mass is 10.0. The minimum absolute atomic E-state index is 0.276. The summed E-state index contributed by atoms with van der Waals surface area (Å²) in [6, 6.07) is 10.3. The number of nitrogens with zero attached hydrogens (tertiary/aromatic N) is 2. The SMILES string of the molecule is Cc1ccc(N(C)C)cc1NC(=O)N1CCNC(=O)[C@H]1c1ccc(F)cc1. The van der Waals surface area contributed by atoms with Crippen LogP contribution in [0.4, 0.5) is 20.6 Å². The van der Waals surface area contributed by atoms with Crippen LogP contribution in [0.1, 0.15) is 17.2 Å². The number of anilines is 2. The molecular weight excluding hydrogens is 347 g/mol. The second-order valence-corrected chi connectivity index (χ2v) is 6.76. The molecule has 3 rings (SSSR count). The van der Waals surface area contributed by atoms with Gasteiger partial charge in [-0.15, -0.1) is 0 Å². The molecule has 1 aliphatic rings. The Morgan fingerprint density at radius 1 is 1.22 bits per heavy atom. The fourth-order valence-electron chi connectivity index (χ4n) is 3.07. The predicted octanol–water partition coefficient (Wildman–Crippen LogP) is 2.91. The first kappa shape index (κ1) is 18.7. The zero-order valence-corrected chi connectivity index (χ0v) is 15.6. The molecule has 1 fully saturated rings. The normalized spacial score (nSPS) is 16.7. The molecule has 1 heterocycles. The van der Waals surface area contributed by atoms with Crippen molar-refractivity contribution in [1.82, 2.24) is 10.2 Å². The molecule has 1 aliphatic heterocycles. The van der Waals surface area contributed by atoms with Crippen LogP contribution in [-0.4, -0.2) is 44.0 Å². The van der Waals surface area contributed by atoms with E-state index < -0.39 is 6.04 Å². The fourth-order valence-corrected chi connectivity index (χ4v) is 3.07. The highest BCUT2D eigenvalue weighted by Gasteiger charge is 2.34. The van der Waals surface area contributed by atoms with Crippen LogP contribution in [0.5, 0.6) is 0 Å². The van der Waals surface area contributed by atoms with E-state index in [0.29, 0.717) is 24.3 Å². The Morgan fingerprint density at radius 3 is 2.59 bits per heavy atom. The van der Waals surface area contributed by atoms with Crippen LogP contribution in [0.2, 0.25) is 0 Å². The first-order valence-electron chi connectivity index (χ1n) is 8.75. The van der Waals surface area contributed by atoms with E-state index in [0.717, 1.165) is 11.3 Å². The number of carbonyl (C=O) groups excluding carboxylic acids is 2. The number of halogens is 1. The van der Waals surface area contributed by atoms with Crippen molar-refractivity contribution in [1.29, 1.82) is 0 Å². The van der Waals surface area contributed by atoms with Gasteiger partial charge in [0.25, 0.3) is 0 Å². The smallest absolute Gasteiger partial charge is 0.322 e. The third-order valence-corrected chi connectivity index (χ3v) is 4.64. The number of piperazine rings is 1. The van der Waals surface area contributed by atoms with E-state index in [1.165, 1.54) is 29.2 Å². The van der Waals surface area contributed by atoms with Crippen LogP contribution in [0.25, 0.3) is 0 Å². The summed E-state index contributed by atoms with van der Waals surface area (Å²) in [5.74, 6) is -0.663. The molecule has 0 aliphatic carbocycles. The van der Waals surface area contributed by atoms with Gasteiger partial charge in [-0.3, -0.25) is 4.79 Å². The molecule has 3 amide bonds. The molecule has 27 heavy (non-hydrogen) atoms. The second-order valence-electron chi connectivity index (χ2n) is 6.76. The Labute approximate surface area is 158 Å². The summed E-state index contributed by atoms with van der Waals surface area (Å²) in [7, 11) is 3.85. The molecule has 2 aromatic carbocycles. The van der Waals surface area contributed by atoms with Gasteiger partial charge < -0.3 is 20.4 Å². The lowest BCUT2D eigenvalue weighted by Crippen LogP contribution is -2.53. The number of amides is 3. The second kappa shape index (κ2) is 7.65. The molecule has 0 radical (unpaired) electrons. The summed E-state index contributed by atoms with van der Waals surface area (Å²) in [4.78, 5) is 28.8. The van der Waals surface area contributed by atoms with Crippen molar-refractivity contribution in [3.8, 4) is 0 Å². The number of nitrogens with one attached hydrogen (secondary N) is 2. The molecule has 1 atom stereocenters. The Morgan fingerprint density at radius 2 is 1.93 bits per heavy atom. The van der Waals surface area contributed by atoms with Gasteiger partial charge in [-0.25, -0.2) is 9.18 Å². The van der Waals surface area contributed by atoms with E-state index in [1.54, 1.807) is 0 Å². The molecule has 1 saturated heterocycles. The van der Waals surface area contributed by atoms with Gasteiger partial charge in [0.1, 0.15) is 11.9 Å². The minimum atomic E-state index is -0.795. The number of aryl methyl sites for hydroxylation is 1. The lowest BCUT2D eigenvalue weighted by Gasteiger charge is -2.35. The number of hydrogen-bond acceptors (Lipinski definition) is 3. The average molecular weight is 370 g/mol. The molecule has 142 valence electrons. The summed E-state index contributed by atoms with van der Waals surface area (Å²) >= 11 is 0. The summed E-state index contributed by atoms with van der Waals surface area (Å²) < 4.78 is 13.2.